The zero-order chi connectivity index (χ0) is 18.9. The van der Waals surface area contributed by atoms with Crippen molar-refractivity contribution in [2.45, 2.75) is 63.6 Å². The van der Waals surface area contributed by atoms with E-state index in [0.717, 1.165) is 6.42 Å². The number of carbonyl (C=O) groups is 1. The average molecular weight is 364 g/mol. The first kappa shape index (κ1) is 17.3. The van der Waals surface area contributed by atoms with Gasteiger partial charge < -0.3 is 25.2 Å². The summed E-state index contributed by atoms with van der Waals surface area (Å²) < 4.78 is 5.80. The summed E-state index contributed by atoms with van der Waals surface area (Å²) in [6, 6.07) is 0. The predicted octanol–water partition coefficient (Wildman–Crippen LogP) is 0.376. The van der Waals surface area contributed by atoms with Gasteiger partial charge in [-0.1, -0.05) is 20.4 Å². The van der Waals surface area contributed by atoms with Gasteiger partial charge in [0.25, 0.3) is 0 Å². The molecule has 7 unspecified atom stereocenters. The highest BCUT2D eigenvalue weighted by Gasteiger charge is 2.86. The van der Waals surface area contributed by atoms with Gasteiger partial charge in [-0.25, -0.2) is 0 Å². The van der Waals surface area contributed by atoms with Gasteiger partial charge >= 0.3 is 0 Å². The monoisotopic (exact) mass is 364 g/mol. The number of carbonyl (C=O) groups excluding carboxylic acids is 1. The summed E-state index contributed by atoms with van der Waals surface area (Å²) in [5, 5.41) is 45.1. The fraction of sp³-hybridized carbons (Fsp3) is 0.850. The number of fused-ring (bicyclic) bond motifs is 2. The maximum atomic E-state index is 13.3. The SMILES string of the molecule is C=C1C(=O)C23C(O)C1CCC2[C@]12COC3(O)C(O)C1C(C)(C)CC[C@H]2O. The molecule has 9 atom stereocenters. The maximum absolute atomic E-state index is 13.3. The van der Waals surface area contributed by atoms with Crippen LogP contribution >= 0.6 is 0 Å². The van der Waals surface area contributed by atoms with E-state index in [1.165, 1.54) is 0 Å². The number of aliphatic hydroxyl groups is 4. The molecule has 26 heavy (non-hydrogen) atoms. The molecule has 6 fully saturated rings. The van der Waals surface area contributed by atoms with Gasteiger partial charge in [0.1, 0.15) is 11.5 Å². The predicted molar refractivity (Wildman–Crippen MR) is 90.7 cm³/mol. The molecule has 0 aromatic carbocycles. The van der Waals surface area contributed by atoms with Crippen LogP contribution in [0.4, 0.5) is 0 Å². The van der Waals surface area contributed by atoms with Gasteiger partial charge in [-0.05, 0) is 42.6 Å². The molecule has 2 heterocycles. The molecular weight excluding hydrogens is 336 g/mol. The lowest BCUT2D eigenvalue weighted by Crippen LogP contribution is -2.85. The van der Waals surface area contributed by atoms with Crippen LogP contribution in [0.25, 0.3) is 0 Å². The lowest BCUT2D eigenvalue weighted by molar-refractivity contribution is -0.458. The van der Waals surface area contributed by atoms with E-state index in [2.05, 4.69) is 6.58 Å². The van der Waals surface area contributed by atoms with Crippen LogP contribution in [0.5, 0.6) is 0 Å². The summed E-state index contributed by atoms with van der Waals surface area (Å²) in [6.45, 7) is 8.07. The van der Waals surface area contributed by atoms with Crippen molar-refractivity contribution in [1.82, 2.24) is 0 Å². The highest BCUT2D eigenvalue weighted by Crippen LogP contribution is 2.76. The Morgan fingerprint density at radius 2 is 1.81 bits per heavy atom. The lowest BCUT2D eigenvalue weighted by atomic mass is 9.35. The minimum Gasteiger partial charge on any atom is -0.392 e. The summed E-state index contributed by atoms with van der Waals surface area (Å²) in [7, 11) is 0. The second-order valence-corrected chi connectivity index (χ2v) is 9.97. The molecule has 6 heteroatoms. The molecule has 144 valence electrons. The molecule has 4 saturated carbocycles. The number of hydrogen-bond donors (Lipinski definition) is 4. The number of ether oxygens (including phenoxy) is 1. The third-order valence-electron chi connectivity index (χ3n) is 8.88. The number of aliphatic hydroxyl groups excluding tert-OH is 3. The van der Waals surface area contributed by atoms with Crippen molar-refractivity contribution in [3.05, 3.63) is 12.2 Å². The molecule has 0 radical (unpaired) electrons. The van der Waals surface area contributed by atoms with Gasteiger partial charge in [0.05, 0.1) is 18.8 Å². The van der Waals surface area contributed by atoms with Crippen LogP contribution in [-0.2, 0) is 9.53 Å². The van der Waals surface area contributed by atoms with Gasteiger partial charge in [-0.3, -0.25) is 4.79 Å². The Bertz CT molecular complexity index is 717. The van der Waals surface area contributed by atoms with Crippen molar-refractivity contribution in [2.24, 2.45) is 34.0 Å². The summed E-state index contributed by atoms with van der Waals surface area (Å²) in [5.41, 5.74) is -2.49. The fourth-order valence-corrected chi connectivity index (χ4v) is 7.90. The second kappa shape index (κ2) is 4.61. The first-order valence-electron chi connectivity index (χ1n) is 9.71. The van der Waals surface area contributed by atoms with Crippen molar-refractivity contribution in [2.75, 3.05) is 6.61 Å². The first-order chi connectivity index (χ1) is 12.1. The zero-order valence-corrected chi connectivity index (χ0v) is 15.3. The van der Waals surface area contributed by atoms with Crippen molar-refractivity contribution >= 4 is 5.78 Å². The average Bonchev–Trinajstić information content (AvgIpc) is 2.69. The van der Waals surface area contributed by atoms with E-state index in [0.29, 0.717) is 24.8 Å². The van der Waals surface area contributed by atoms with Crippen LogP contribution in [0, 0.1) is 34.0 Å². The largest absolute Gasteiger partial charge is 0.392 e. The van der Waals surface area contributed by atoms with Crippen LogP contribution in [0.3, 0.4) is 0 Å². The molecule has 0 aromatic rings. The van der Waals surface area contributed by atoms with E-state index in [9.17, 15) is 25.2 Å². The van der Waals surface area contributed by atoms with Crippen LogP contribution in [0.15, 0.2) is 12.2 Å². The standard InChI is InChI=1S/C20H28O6/c1-9-10-4-5-11-18-8-26-20(25,19(11,14(9)22)15(10)23)16(24)13(18)17(2,3)7-6-12(18)21/h10-13,15-16,21,23-25H,1,4-8H2,2-3H3/t10?,11?,12-,13?,15?,16?,18+,19?,20?/m1/s1. The van der Waals surface area contributed by atoms with Gasteiger partial charge in [0.15, 0.2) is 5.78 Å². The van der Waals surface area contributed by atoms with E-state index in [1.54, 1.807) is 0 Å². The molecule has 4 N–H and O–H groups in total. The van der Waals surface area contributed by atoms with E-state index < -0.39 is 58.5 Å². The molecule has 2 aliphatic heterocycles. The highest BCUT2D eigenvalue weighted by molar-refractivity contribution is 6.05. The Morgan fingerprint density at radius 3 is 2.50 bits per heavy atom. The Labute approximate surface area is 152 Å². The molecule has 6 nitrogen and oxygen atoms in total. The van der Waals surface area contributed by atoms with Crippen LogP contribution in [-0.4, -0.2) is 56.9 Å². The summed E-state index contributed by atoms with van der Waals surface area (Å²) in [4.78, 5) is 13.3. The van der Waals surface area contributed by atoms with Crippen molar-refractivity contribution < 1.29 is 30.0 Å². The Balaban J connectivity index is 1.81. The van der Waals surface area contributed by atoms with Crippen LogP contribution in [0.2, 0.25) is 0 Å². The summed E-state index contributed by atoms with van der Waals surface area (Å²) in [6.07, 6.45) is -0.747. The number of rotatable bonds is 0. The number of Topliss-reactive ketones (excluding diaryl/α,β-unsaturated/α-hetero) is 1. The molecule has 6 rings (SSSR count). The second-order valence-electron chi connectivity index (χ2n) is 9.97. The van der Waals surface area contributed by atoms with E-state index in [-0.39, 0.29) is 12.0 Å². The number of hydrogen-bond acceptors (Lipinski definition) is 6. The van der Waals surface area contributed by atoms with Crippen LogP contribution in [0.1, 0.15) is 39.5 Å². The molecule has 0 amide bonds. The van der Waals surface area contributed by atoms with E-state index >= 15 is 0 Å². The smallest absolute Gasteiger partial charge is 0.208 e. The zero-order valence-electron chi connectivity index (χ0n) is 15.3. The van der Waals surface area contributed by atoms with Crippen molar-refractivity contribution in [3.8, 4) is 0 Å². The molecule has 2 spiro atoms. The molecule has 2 saturated heterocycles. The van der Waals surface area contributed by atoms with Gasteiger partial charge in [-0.2, -0.15) is 0 Å². The third kappa shape index (κ3) is 1.41. The van der Waals surface area contributed by atoms with E-state index in [4.69, 9.17) is 4.74 Å². The lowest BCUT2D eigenvalue weighted by Gasteiger charge is -2.74. The van der Waals surface area contributed by atoms with Gasteiger partial charge in [0, 0.05) is 17.3 Å². The summed E-state index contributed by atoms with van der Waals surface area (Å²) >= 11 is 0. The quantitative estimate of drug-likeness (QED) is 0.463. The fourth-order valence-electron chi connectivity index (χ4n) is 7.90. The minimum atomic E-state index is -2.15. The minimum absolute atomic E-state index is 0.0966. The van der Waals surface area contributed by atoms with Crippen LogP contribution < -0.4 is 0 Å². The molecule has 6 aliphatic rings. The Hall–Kier alpha value is -0.790. The summed E-state index contributed by atoms with van der Waals surface area (Å²) in [5.74, 6) is -3.80. The maximum Gasteiger partial charge on any atom is 0.208 e. The van der Waals surface area contributed by atoms with Crippen molar-refractivity contribution in [1.29, 1.82) is 0 Å². The highest BCUT2D eigenvalue weighted by atomic mass is 16.6. The van der Waals surface area contributed by atoms with Gasteiger partial charge in [0.2, 0.25) is 5.79 Å². The molecule has 4 bridgehead atoms. The normalized spacial score (nSPS) is 59.9. The van der Waals surface area contributed by atoms with Gasteiger partial charge in [-0.15, -0.1) is 0 Å². The molecular formula is C20H28O6. The Morgan fingerprint density at radius 1 is 1.12 bits per heavy atom. The van der Waals surface area contributed by atoms with Crippen molar-refractivity contribution in [3.63, 3.8) is 0 Å². The third-order valence-corrected chi connectivity index (χ3v) is 8.88. The molecule has 0 aromatic heterocycles. The van der Waals surface area contributed by atoms with E-state index in [1.807, 2.05) is 13.8 Å². The topological polar surface area (TPSA) is 107 Å². The molecule has 4 aliphatic carbocycles. The first-order valence-corrected chi connectivity index (χ1v) is 9.71. The Kier molecular flexibility index (Phi) is 3.07. The number of ketones is 1.